The summed E-state index contributed by atoms with van der Waals surface area (Å²) in [5.74, 6) is 0.887. The van der Waals surface area contributed by atoms with Crippen molar-refractivity contribution in [2.45, 2.75) is 32.9 Å². The lowest BCUT2D eigenvalue weighted by Gasteiger charge is -2.16. The predicted octanol–water partition coefficient (Wildman–Crippen LogP) is 5.38. The van der Waals surface area contributed by atoms with Gasteiger partial charge in [-0.2, -0.15) is 11.3 Å². The minimum Gasteiger partial charge on any atom is -0.497 e. The molecule has 1 aromatic carbocycles. The van der Waals surface area contributed by atoms with Crippen molar-refractivity contribution in [2.75, 3.05) is 7.11 Å². The van der Waals surface area contributed by atoms with E-state index >= 15 is 0 Å². The number of aromatic nitrogens is 2. The Morgan fingerprint density at radius 1 is 1.22 bits per heavy atom. The molecule has 0 aliphatic heterocycles. The van der Waals surface area contributed by atoms with E-state index in [2.05, 4.69) is 58.5 Å². The Labute approximate surface area is 167 Å². The lowest BCUT2D eigenvalue weighted by Crippen LogP contribution is -2.23. The molecule has 0 aliphatic rings. The molecule has 4 rings (SSSR count). The standard InChI is InChI=1S/C21H23N3OS2/c1-13-11-27-21(23-13)19(8-15-6-7-26-12-15)22-10-20-14(2)17-9-16(25-3)4-5-18(17)24-20/h4-7,9,11-12,19,22,24H,8,10H2,1-3H3. The molecule has 27 heavy (non-hydrogen) atoms. The Morgan fingerprint density at radius 3 is 2.81 bits per heavy atom. The quantitative estimate of drug-likeness (QED) is 0.440. The third-order valence-corrected chi connectivity index (χ3v) is 6.66. The van der Waals surface area contributed by atoms with Crippen LogP contribution in [0.25, 0.3) is 10.9 Å². The first-order valence-electron chi connectivity index (χ1n) is 8.95. The molecule has 1 unspecified atom stereocenters. The van der Waals surface area contributed by atoms with Crippen LogP contribution in [-0.4, -0.2) is 17.1 Å². The summed E-state index contributed by atoms with van der Waals surface area (Å²) in [4.78, 5) is 8.28. The second-order valence-corrected chi connectivity index (χ2v) is 8.41. The van der Waals surface area contributed by atoms with Crippen molar-refractivity contribution in [3.05, 3.63) is 67.9 Å². The van der Waals surface area contributed by atoms with Gasteiger partial charge in [-0.05, 0) is 66.4 Å². The number of benzene rings is 1. The highest BCUT2D eigenvalue weighted by Gasteiger charge is 2.17. The fourth-order valence-electron chi connectivity index (χ4n) is 3.31. The average Bonchev–Trinajstić information content (AvgIpc) is 3.40. The maximum absolute atomic E-state index is 5.37. The van der Waals surface area contributed by atoms with Crippen molar-refractivity contribution in [2.24, 2.45) is 0 Å². The highest BCUT2D eigenvalue weighted by molar-refractivity contribution is 7.09. The maximum Gasteiger partial charge on any atom is 0.119 e. The predicted molar refractivity (Wildman–Crippen MR) is 114 cm³/mol. The van der Waals surface area contributed by atoms with E-state index in [1.54, 1.807) is 29.8 Å². The smallest absolute Gasteiger partial charge is 0.119 e. The lowest BCUT2D eigenvalue weighted by molar-refractivity contribution is 0.415. The summed E-state index contributed by atoms with van der Waals surface area (Å²) in [5, 5.41) is 12.6. The second-order valence-electron chi connectivity index (χ2n) is 6.74. The molecule has 0 radical (unpaired) electrons. The number of fused-ring (bicyclic) bond motifs is 1. The van der Waals surface area contributed by atoms with Gasteiger partial charge in [0.05, 0.1) is 13.2 Å². The Balaban J connectivity index is 1.56. The third kappa shape index (κ3) is 3.93. The average molecular weight is 398 g/mol. The number of nitrogens with one attached hydrogen (secondary N) is 2. The molecule has 0 spiro atoms. The van der Waals surface area contributed by atoms with Gasteiger partial charge in [-0.15, -0.1) is 11.3 Å². The SMILES string of the molecule is COc1ccc2[nH]c(CNC(Cc3ccsc3)c3nc(C)cs3)c(C)c2c1. The fraction of sp³-hybridized carbons (Fsp3) is 0.286. The fourth-order valence-corrected chi connectivity index (χ4v) is 4.87. The van der Waals surface area contributed by atoms with Gasteiger partial charge in [0.1, 0.15) is 10.8 Å². The van der Waals surface area contributed by atoms with Crippen LogP contribution in [0.15, 0.2) is 40.4 Å². The van der Waals surface area contributed by atoms with E-state index in [1.165, 1.54) is 22.2 Å². The van der Waals surface area contributed by atoms with Crippen molar-refractivity contribution in [1.82, 2.24) is 15.3 Å². The van der Waals surface area contributed by atoms with Gasteiger partial charge in [-0.1, -0.05) is 0 Å². The molecule has 3 heterocycles. The van der Waals surface area contributed by atoms with Crippen LogP contribution < -0.4 is 10.1 Å². The van der Waals surface area contributed by atoms with Crippen LogP contribution in [0.5, 0.6) is 5.75 Å². The number of thiophene rings is 1. The first-order chi connectivity index (χ1) is 13.1. The Morgan fingerprint density at radius 2 is 2.11 bits per heavy atom. The molecule has 0 saturated carbocycles. The van der Waals surface area contributed by atoms with Crippen LogP contribution >= 0.6 is 22.7 Å². The number of hydrogen-bond donors (Lipinski definition) is 2. The number of aryl methyl sites for hydroxylation is 2. The maximum atomic E-state index is 5.37. The summed E-state index contributed by atoms with van der Waals surface area (Å²) in [6.07, 6.45) is 0.948. The summed E-state index contributed by atoms with van der Waals surface area (Å²) in [7, 11) is 1.71. The van der Waals surface area contributed by atoms with Crippen LogP contribution in [0.4, 0.5) is 0 Å². The van der Waals surface area contributed by atoms with Gasteiger partial charge in [-0.3, -0.25) is 0 Å². The molecule has 1 atom stereocenters. The normalized spacial score (nSPS) is 12.6. The zero-order valence-electron chi connectivity index (χ0n) is 15.7. The van der Waals surface area contributed by atoms with E-state index in [-0.39, 0.29) is 6.04 Å². The molecule has 0 fully saturated rings. The van der Waals surface area contributed by atoms with E-state index < -0.39 is 0 Å². The second kappa shape index (κ2) is 7.84. The molecule has 0 aliphatic carbocycles. The number of methoxy groups -OCH3 is 1. The largest absolute Gasteiger partial charge is 0.497 e. The summed E-state index contributed by atoms with van der Waals surface area (Å²) in [5.41, 5.74) is 6.05. The van der Waals surface area contributed by atoms with Crippen LogP contribution in [0.2, 0.25) is 0 Å². The minimum absolute atomic E-state index is 0.207. The summed E-state index contributed by atoms with van der Waals surface area (Å²) in [6.45, 7) is 4.99. The molecule has 4 aromatic rings. The van der Waals surface area contributed by atoms with E-state index in [1.807, 2.05) is 6.07 Å². The molecular weight excluding hydrogens is 374 g/mol. The minimum atomic E-state index is 0.207. The van der Waals surface area contributed by atoms with Gasteiger partial charge in [0, 0.05) is 34.2 Å². The number of thiazole rings is 1. The monoisotopic (exact) mass is 397 g/mol. The van der Waals surface area contributed by atoms with Crippen LogP contribution in [-0.2, 0) is 13.0 Å². The Hall–Kier alpha value is -2.15. The first-order valence-corrected chi connectivity index (χ1v) is 10.8. The summed E-state index contributed by atoms with van der Waals surface area (Å²) < 4.78 is 5.37. The number of aromatic amines is 1. The van der Waals surface area contributed by atoms with Crippen LogP contribution in [0.1, 0.15) is 33.6 Å². The third-order valence-electron chi connectivity index (χ3n) is 4.85. The molecule has 3 aromatic heterocycles. The summed E-state index contributed by atoms with van der Waals surface area (Å²) >= 11 is 3.47. The van der Waals surface area contributed by atoms with Gasteiger partial charge < -0.3 is 15.0 Å². The van der Waals surface area contributed by atoms with Gasteiger partial charge in [-0.25, -0.2) is 4.98 Å². The van der Waals surface area contributed by atoms with Crippen molar-refractivity contribution in [3.63, 3.8) is 0 Å². The van der Waals surface area contributed by atoms with Gasteiger partial charge in [0.2, 0.25) is 0 Å². The van der Waals surface area contributed by atoms with Crippen molar-refractivity contribution < 1.29 is 4.74 Å². The number of rotatable bonds is 7. The van der Waals surface area contributed by atoms with E-state index in [0.29, 0.717) is 0 Å². The van der Waals surface area contributed by atoms with Crippen LogP contribution in [0, 0.1) is 13.8 Å². The number of ether oxygens (including phenoxy) is 1. The summed E-state index contributed by atoms with van der Waals surface area (Å²) in [6, 6.07) is 8.57. The van der Waals surface area contributed by atoms with Crippen molar-refractivity contribution in [1.29, 1.82) is 0 Å². The van der Waals surface area contributed by atoms with Gasteiger partial charge in [0.25, 0.3) is 0 Å². The molecule has 140 valence electrons. The van der Waals surface area contributed by atoms with Gasteiger partial charge >= 0.3 is 0 Å². The van der Waals surface area contributed by atoms with E-state index in [4.69, 9.17) is 9.72 Å². The molecule has 6 heteroatoms. The Bertz CT molecular complexity index is 1030. The lowest BCUT2D eigenvalue weighted by atomic mass is 10.1. The van der Waals surface area contributed by atoms with E-state index in [0.717, 1.165) is 34.9 Å². The number of nitrogens with zero attached hydrogens (tertiary/aromatic N) is 1. The first kappa shape index (κ1) is 18.2. The molecule has 0 saturated heterocycles. The van der Waals surface area contributed by atoms with Crippen molar-refractivity contribution >= 4 is 33.6 Å². The Kier molecular flexibility index (Phi) is 5.29. The van der Waals surface area contributed by atoms with Gasteiger partial charge in [0.15, 0.2) is 0 Å². The number of hydrogen-bond acceptors (Lipinski definition) is 5. The highest BCUT2D eigenvalue weighted by atomic mass is 32.1. The topological polar surface area (TPSA) is 49.9 Å². The highest BCUT2D eigenvalue weighted by Crippen LogP contribution is 2.28. The van der Waals surface area contributed by atoms with Crippen molar-refractivity contribution in [3.8, 4) is 5.75 Å². The molecule has 0 bridgehead atoms. The van der Waals surface area contributed by atoms with Crippen LogP contribution in [0.3, 0.4) is 0 Å². The van der Waals surface area contributed by atoms with E-state index in [9.17, 15) is 0 Å². The zero-order chi connectivity index (χ0) is 18.8. The molecule has 2 N–H and O–H groups in total. The molecule has 4 nitrogen and oxygen atoms in total. The molecule has 0 amide bonds. The zero-order valence-corrected chi connectivity index (χ0v) is 17.3. The molecular formula is C21H23N3OS2. The number of H-pyrrole nitrogens is 1.